The Morgan fingerprint density at radius 3 is 2.56 bits per heavy atom. The number of hydrogen-bond acceptors (Lipinski definition) is 2. The lowest BCUT2D eigenvalue weighted by Crippen LogP contribution is -2.00. The van der Waals surface area contributed by atoms with Crippen LogP contribution in [0, 0.1) is 0 Å². The molecule has 1 heterocycles. The number of aromatic hydroxyl groups is 1. The second-order valence-electron chi connectivity index (χ2n) is 2.23. The fraction of sp³-hybridized carbons (Fsp3) is 0.500. The van der Waals surface area contributed by atoms with E-state index in [2.05, 4.69) is 5.10 Å². The predicted octanol–water partition coefficient (Wildman–Crippen LogP) is 1.17. The summed E-state index contributed by atoms with van der Waals surface area (Å²) >= 11 is 0. The van der Waals surface area contributed by atoms with Crippen molar-refractivity contribution in [2.45, 2.75) is 19.9 Å². The maximum absolute atomic E-state index is 9.02. The van der Waals surface area contributed by atoms with Gasteiger partial charge in [-0.05, 0) is 13.8 Å². The minimum absolute atomic E-state index is 0.227. The van der Waals surface area contributed by atoms with E-state index in [9.17, 15) is 0 Å². The average molecular weight is 126 g/mol. The fourth-order valence-corrected chi connectivity index (χ4v) is 0.705. The van der Waals surface area contributed by atoms with Crippen molar-refractivity contribution in [2.24, 2.45) is 0 Å². The van der Waals surface area contributed by atoms with Crippen LogP contribution < -0.4 is 0 Å². The largest absolute Gasteiger partial charge is 0.493 e. The summed E-state index contributed by atoms with van der Waals surface area (Å²) in [6.07, 6.45) is 1.58. The van der Waals surface area contributed by atoms with Crippen LogP contribution in [0.2, 0.25) is 0 Å². The van der Waals surface area contributed by atoms with Crippen molar-refractivity contribution < 1.29 is 5.11 Å². The summed E-state index contributed by atoms with van der Waals surface area (Å²) in [6.45, 7) is 3.93. The maximum atomic E-state index is 9.02. The number of hydrogen-bond donors (Lipinski definition) is 1. The molecule has 1 aromatic rings. The minimum Gasteiger partial charge on any atom is -0.493 e. The predicted molar refractivity (Wildman–Crippen MR) is 34.3 cm³/mol. The highest BCUT2D eigenvalue weighted by Crippen LogP contribution is 2.12. The Labute approximate surface area is 53.9 Å². The molecule has 9 heavy (non-hydrogen) atoms. The Morgan fingerprint density at radius 1 is 1.67 bits per heavy atom. The van der Waals surface area contributed by atoms with Gasteiger partial charge in [0.15, 0.2) is 0 Å². The molecule has 0 aliphatic carbocycles. The summed E-state index contributed by atoms with van der Waals surface area (Å²) in [5.74, 6) is 0.227. The molecule has 1 rings (SSSR count). The highest BCUT2D eigenvalue weighted by molar-refractivity contribution is 5.05. The Morgan fingerprint density at radius 2 is 2.33 bits per heavy atom. The van der Waals surface area contributed by atoms with E-state index < -0.39 is 0 Å². The number of nitrogens with zero attached hydrogens (tertiary/aromatic N) is 2. The highest BCUT2D eigenvalue weighted by Gasteiger charge is 2.01. The van der Waals surface area contributed by atoms with E-state index in [0.29, 0.717) is 0 Å². The molecule has 0 saturated carbocycles. The summed E-state index contributed by atoms with van der Waals surface area (Å²) in [6, 6.07) is 1.81. The summed E-state index contributed by atoms with van der Waals surface area (Å²) in [5, 5.41) is 12.9. The Kier molecular flexibility index (Phi) is 1.42. The average Bonchev–Trinajstić information content (AvgIpc) is 2.13. The summed E-state index contributed by atoms with van der Waals surface area (Å²) in [5.41, 5.74) is 0. The van der Waals surface area contributed by atoms with Gasteiger partial charge in [0.1, 0.15) is 0 Å². The van der Waals surface area contributed by atoms with Crippen molar-refractivity contribution in [1.82, 2.24) is 9.78 Å². The number of aromatic nitrogens is 2. The first-order chi connectivity index (χ1) is 4.22. The smallest absolute Gasteiger partial charge is 0.209 e. The van der Waals surface area contributed by atoms with Crippen LogP contribution in [0.3, 0.4) is 0 Å². The monoisotopic (exact) mass is 126 g/mol. The van der Waals surface area contributed by atoms with Crippen LogP contribution in [0.5, 0.6) is 5.88 Å². The van der Waals surface area contributed by atoms with Gasteiger partial charge in [-0.15, -0.1) is 0 Å². The lowest BCUT2D eigenvalue weighted by atomic mass is 10.4. The first kappa shape index (κ1) is 6.13. The van der Waals surface area contributed by atoms with Crippen molar-refractivity contribution in [1.29, 1.82) is 0 Å². The van der Waals surface area contributed by atoms with E-state index in [1.807, 2.05) is 13.8 Å². The van der Waals surface area contributed by atoms with Gasteiger partial charge < -0.3 is 5.11 Å². The Balaban J connectivity index is 2.94. The molecule has 0 unspecified atom stereocenters. The van der Waals surface area contributed by atoms with Gasteiger partial charge >= 0.3 is 0 Å². The molecule has 0 aliphatic heterocycles. The first-order valence-electron chi connectivity index (χ1n) is 2.94. The van der Waals surface area contributed by atoms with Gasteiger partial charge in [0.25, 0.3) is 0 Å². The second-order valence-corrected chi connectivity index (χ2v) is 2.23. The summed E-state index contributed by atoms with van der Waals surface area (Å²) in [7, 11) is 0. The van der Waals surface area contributed by atoms with Crippen LogP contribution in [0.15, 0.2) is 12.3 Å². The van der Waals surface area contributed by atoms with Gasteiger partial charge in [0.2, 0.25) is 5.88 Å². The second kappa shape index (κ2) is 2.09. The van der Waals surface area contributed by atoms with Crippen molar-refractivity contribution in [2.75, 3.05) is 0 Å². The van der Waals surface area contributed by atoms with Crippen molar-refractivity contribution in [3.63, 3.8) is 0 Å². The van der Waals surface area contributed by atoms with E-state index >= 15 is 0 Å². The molecule has 0 radical (unpaired) electrons. The molecule has 50 valence electrons. The van der Waals surface area contributed by atoms with E-state index in [1.165, 1.54) is 0 Å². The third-order valence-corrected chi connectivity index (χ3v) is 1.14. The molecule has 3 nitrogen and oxygen atoms in total. The molecule has 0 amide bonds. The van der Waals surface area contributed by atoms with Crippen molar-refractivity contribution in [3.8, 4) is 5.88 Å². The zero-order chi connectivity index (χ0) is 6.85. The zero-order valence-electron chi connectivity index (χ0n) is 5.57. The van der Waals surface area contributed by atoms with E-state index in [4.69, 9.17) is 5.11 Å². The fourth-order valence-electron chi connectivity index (χ4n) is 0.705. The van der Waals surface area contributed by atoms with Gasteiger partial charge in [-0.2, -0.15) is 5.10 Å². The minimum atomic E-state index is 0.227. The number of rotatable bonds is 1. The first-order valence-corrected chi connectivity index (χ1v) is 2.94. The molecule has 0 bridgehead atoms. The third kappa shape index (κ3) is 1.04. The molecule has 0 spiro atoms. The Bertz CT molecular complexity index is 193. The molecule has 0 saturated heterocycles. The summed E-state index contributed by atoms with van der Waals surface area (Å²) in [4.78, 5) is 0. The van der Waals surface area contributed by atoms with Crippen molar-refractivity contribution >= 4 is 0 Å². The molecule has 3 heteroatoms. The van der Waals surface area contributed by atoms with Crippen LogP contribution in [-0.2, 0) is 0 Å². The SMILES string of the molecule is CC(C)n1nccc1O. The molecule has 0 aliphatic rings. The van der Waals surface area contributed by atoms with E-state index in [1.54, 1.807) is 16.9 Å². The van der Waals surface area contributed by atoms with Crippen LogP contribution >= 0.6 is 0 Å². The zero-order valence-corrected chi connectivity index (χ0v) is 5.57. The standard InChI is InChI=1S/C6H10N2O/c1-5(2)8-6(9)3-4-7-8/h3-5,9H,1-2H3. The summed E-state index contributed by atoms with van der Waals surface area (Å²) < 4.78 is 1.56. The Hall–Kier alpha value is -0.990. The molecule has 0 fully saturated rings. The van der Waals surface area contributed by atoms with Gasteiger partial charge in [-0.25, -0.2) is 4.68 Å². The lowest BCUT2D eigenvalue weighted by molar-refractivity contribution is 0.377. The van der Waals surface area contributed by atoms with Gasteiger partial charge in [-0.3, -0.25) is 0 Å². The van der Waals surface area contributed by atoms with Crippen molar-refractivity contribution in [3.05, 3.63) is 12.3 Å². The van der Waals surface area contributed by atoms with Crippen LogP contribution in [0.1, 0.15) is 19.9 Å². The molecule has 0 atom stereocenters. The van der Waals surface area contributed by atoms with E-state index in [-0.39, 0.29) is 11.9 Å². The molecule has 0 aromatic carbocycles. The third-order valence-electron chi connectivity index (χ3n) is 1.14. The van der Waals surface area contributed by atoms with E-state index in [0.717, 1.165) is 0 Å². The molecule has 1 N–H and O–H groups in total. The van der Waals surface area contributed by atoms with Crippen LogP contribution in [0.4, 0.5) is 0 Å². The molecule has 1 aromatic heterocycles. The normalized spacial score (nSPS) is 10.6. The van der Waals surface area contributed by atoms with Crippen LogP contribution in [0.25, 0.3) is 0 Å². The topological polar surface area (TPSA) is 38.0 Å². The maximum Gasteiger partial charge on any atom is 0.209 e. The highest BCUT2D eigenvalue weighted by atomic mass is 16.3. The van der Waals surface area contributed by atoms with Gasteiger partial charge in [0, 0.05) is 6.07 Å². The molecular weight excluding hydrogens is 116 g/mol. The van der Waals surface area contributed by atoms with Gasteiger partial charge in [-0.1, -0.05) is 0 Å². The van der Waals surface area contributed by atoms with Gasteiger partial charge in [0.05, 0.1) is 12.2 Å². The van der Waals surface area contributed by atoms with Crippen LogP contribution in [-0.4, -0.2) is 14.9 Å². The lowest BCUT2D eigenvalue weighted by Gasteiger charge is -2.04. The molecular formula is C6H10N2O. The quantitative estimate of drug-likeness (QED) is 0.613.